The molecule has 0 bridgehead atoms. The van der Waals surface area contributed by atoms with Gasteiger partial charge in [0, 0.05) is 24.2 Å². The third-order valence-electron chi connectivity index (χ3n) is 3.99. The molecule has 1 saturated carbocycles. The fraction of sp³-hybridized carbons (Fsp3) is 0.588. The van der Waals surface area contributed by atoms with Crippen molar-refractivity contribution in [1.82, 2.24) is 4.90 Å². The second-order valence-electron chi connectivity index (χ2n) is 6.00. The van der Waals surface area contributed by atoms with Crippen LogP contribution >= 0.6 is 0 Å². The Kier molecular flexibility index (Phi) is 5.37. The lowest BCUT2D eigenvalue weighted by atomic mass is 9.82. The Labute approximate surface area is 126 Å². The normalized spacial score (nSPS) is 21.2. The molecule has 0 aliphatic heterocycles. The lowest BCUT2D eigenvalue weighted by molar-refractivity contribution is 0.0272. The van der Waals surface area contributed by atoms with Gasteiger partial charge < -0.3 is 14.7 Å². The van der Waals surface area contributed by atoms with Crippen molar-refractivity contribution in [3.8, 4) is 5.75 Å². The van der Waals surface area contributed by atoms with Crippen LogP contribution in [0.5, 0.6) is 5.75 Å². The van der Waals surface area contributed by atoms with Crippen LogP contribution in [0, 0.1) is 5.92 Å². The first kappa shape index (κ1) is 16.0. The molecule has 2 rings (SSSR count). The predicted octanol–water partition coefficient (Wildman–Crippen LogP) is 2.49. The van der Waals surface area contributed by atoms with Gasteiger partial charge >= 0.3 is 0 Å². The number of ketones is 1. The van der Waals surface area contributed by atoms with Gasteiger partial charge in [0.2, 0.25) is 0 Å². The highest BCUT2D eigenvalue weighted by molar-refractivity contribution is 5.94. The fourth-order valence-corrected chi connectivity index (χ4v) is 2.86. The van der Waals surface area contributed by atoms with Gasteiger partial charge in [0.15, 0.2) is 5.78 Å². The lowest BCUT2D eigenvalue weighted by Gasteiger charge is -2.34. The first-order chi connectivity index (χ1) is 9.99. The highest BCUT2D eigenvalue weighted by atomic mass is 16.5. The van der Waals surface area contributed by atoms with E-state index in [2.05, 4.69) is 11.9 Å². The molecule has 1 fully saturated rings. The summed E-state index contributed by atoms with van der Waals surface area (Å²) in [6, 6.07) is 5.63. The van der Waals surface area contributed by atoms with Crippen molar-refractivity contribution < 1.29 is 14.6 Å². The average Bonchev–Trinajstić information content (AvgIpc) is 2.39. The number of nitrogens with zero attached hydrogens (tertiary/aromatic N) is 1. The first-order valence-corrected chi connectivity index (χ1v) is 7.62. The van der Waals surface area contributed by atoms with E-state index in [-0.39, 0.29) is 11.9 Å². The Morgan fingerprint density at radius 1 is 1.43 bits per heavy atom. The molecule has 0 atom stereocenters. The van der Waals surface area contributed by atoms with Crippen LogP contribution in [0.1, 0.15) is 42.6 Å². The summed E-state index contributed by atoms with van der Waals surface area (Å²) < 4.78 is 5.66. The van der Waals surface area contributed by atoms with Crippen molar-refractivity contribution in [3.63, 3.8) is 0 Å². The molecule has 1 N–H and O–H groups in total. The SMILES string of the molecule is CCOc1ccc(C(C)=O)cc1CN(C)CC1CC(O)C1. The van der Waals surface area contributed by atoms with E-state index in [4.69, 9.17) is 4.74 Å². The number of aliphatic hydroxyl groups is 1. The number of ether oxygens (including phenoxy) is 1. The van der Waals surface area contributed by atoms with Crippen LogP contribution in [0.2, 0.25) is 0 Å². The molecule has 1 aliphatic rings. The second kappa shape index (κ2) is 7.05. The molecular weight excluding hydrogens is 266 g/mol. The van der Waals surface area contributed by atoms with Crippen LogP contribution in [0.15, 0.2) is 18.2 Å². The zero-order chi connectivity index (χ0) is 15.4. The summed E-state index contributed by atoms with van der Waals surface area (Å²) in [5.41, 5.74) is 1.77. The van der Waals surface area contributed by atoms with Crippen LogP contribution in [-0.4, -0.2) is 42.1 Å². The largest absolute Gasteiger partial charge is 0.494 e. The molecule has 4 nitrogen and oxygen atoms in total. The van der Waals surface area contributed by atoms with Crippen LogP contribution in [0.25, 0.3) is 0 Å². The highest BCUT2D eigenvalue weighted by Gasteiger charge is 2.28. The van der Waals surface area contributed by atoms with E-state index < -0.39 is 0 Å². The maximum absolute atomic E-state index is 11.5. The van der Waals surface area contributed by atoms with E-state index in [0.717, 1.165) is 42.8 Å². The molecule has 0 amide bonds. The molecule has 0 aromatic heterocycles. The zero-order valence-corrected chi connectivity index (χ0v) is 13.1. The van der Waals surface area contributed by atoms with Crippen molar-refractivity contribution in [3.05, 3.63) is 29.3 Å². The molecule has 0 heterocycles. The van der Waals surface area contributed by atoms with Crippen molar-refractivity contribution in [2.24, 2.45) is 5.92 Å². The highest BCUT2D eigenvalue weighted by Crippen LogP contribution is 2.29. The summed E-state index contributed by atoms with van der Waals surface area (Å²) in [5, 5.41) is 9.36. The van der Waals surface area contributed by atoms with Crippen molar-refractivity contribution in [1.29, 1.82) is 0 Å². The van der Waals surface area contributed by atoms with Gasteiger partial charge in [0.25, 0.3) is 0 Å². The van der Waals surface area contributed by atoms with E-state index in [0.29, 0.717) is 12.5 Å². The summed E-state index contributed by atoms with van der Waals surface area (Å²) in [4.78, 5) is 13.8. The van der Waals surface area contributed by atoms with Crippen molar-refractivity contribution in [2.75, 3.05) is 20.2 Å². The minimum atomic E-state index is -0.108. The molecular formula is C17H25NO3. The summed E-state index contributed by atoms with van der Waals surface area (Å²) in [5.74, 6) is 1.50. The first-order valence-electron chi connectivity index (χ1n) is 7.62. The minimum Gasteiger partial charge on any atom is -0.494 e. The van der Waals surface area contributed by atoms with E-state index in [1.54, 1.807) is 6.92 Å². The molecule has 1 aromatic carbocycles. The number of rotatable bonds is 7. The molecule has 21 heavy (non-hydrogen) atoms. The Bertz CT molecular complexity index is 495. The Morgan fingerprint density at radius 2 is 2.14 bits per heavy atom. The van der Waals surface area contributed by atoms with Crippen LogP contribution < -0.4 is 4.74 Å². The number of benzene rings is 1. The number of carbonyl (C=O) groups is 1. The summed E-state index contributed by atoms with van der Waals surface area (Å²) >= 11 is 0. The lowest BCUT2D eigenvalue weighted by Crippen LogP contribution is -2.36. The molecule has 1 aliphatic carbocycles. The summed E-state index contributed by atoms with van der Waals surface area (Å²) in [6.07, 6.45) is 1.69. The molecule has 1 aromatic rings. The van der Waals surface area contributed by atoms with Crippen LogP contribution in [-0.2, 0) is 6.54 Å². The Hall–Kier alpha value is -1.39. The fourth-order valence-electron chi connectivity index (χ4n) is 2.86. The topological polar surface area (TPSA) is 49.8 Å². The number of Topliss-reactive ketones (excluding diaryl/α,β-unsaturated/α-hetero) is 1. The summed E-state index contributed by atoms with van der Waals surface area (Å²) in [7, 11) is 2.07. The van der Waals surface area contributed by atoms with E-state index in [9.17, 15) is 9.90 Å². The standard InChI is InChI=1S/C17H25NO3/c1-4-21-17-6-5-14(12(2)19)9-15(17)11-18(3)10-13-7-16(20)8-13/h5-6,9,13,16,20H,4,7-8,10-11H2,1-3H3. The Balaban J connectivity index is 2.04. The molecule has 0 spiro atoms. The van der Waals surface area contributed by atoms with Gasteiger partial charge in [0.1, 0.15) is 5.75 Å². The predicted molar refractivity (Wildman–Crippen MR) is 82.7 cm³/mol. The molecule has 116 valence electrons. The second-order valence-corrected chi connectivity index (χ2v) is 6.00. The van der Waals surface area contributed by atoms with Gasteiger partial charge in [-0.25, -0.2) is 0 Å². The van der Waals surface area contributed by atoms with Crippen LogP contribution in [0.3, 0.4) is 0 Å². The summed E-state index contributed by atoms with van der Waals surface area (Å²) in [6.45, 7) is 5.88. The maximum atomic E-state index is 11.5. The minimum absolute atomic E-state index is 0.0732. The number of hydrogen-bond donors (Lipinski definition) is 1. The van der Waals surface area contributed by atoms with E-state index >= 15 is 0 Å². The monoisotopic (exact) mass is 291 g/mol. The van der Waals surface area contributed by atoms with Gasteiger partial charge in [0.05, 0.1) is 12.7 Å². The van der Waals surface area contributed by atoms with E-state index in [1.165, 1.54) is 0 Å². The number of aliphatic hydroxyl groups excluding tert-OH is 1. The molecule has 4 heteroatoms. The third kappa shape index (κ3) is 4.29. The van der Waals surface area contributed by atoms with Gasteiger partial charge in [-0.1, -0.05) is 0 Å². The Morgan fingerprint density at radius 3 is 2.71 bits per heavy atom. The molecule has 0 unspecified atom stereocenters. The van der Waals surface area contributed by atoms with Gasteiger partial charge in [-0.05, 0) is 57.9 Å². The number of hydrogen-bond acceptors (Lipinski definition) is 4. The van der Waals surface area contributed by atoms with Gasteiger partial charge in [-0.15, -0.1) is 0 Å². The smallest absolute Gasteiger partial charge is 0.159 e. The van der Waals surface area contributed by atoms with E-state index in [1.807, 2.05) is 25.1 Å². The zero-order valence-electron chi connectivity index (χ0n) is 13.1. The molecule has 0 radical (unpaired) electrons. The van der Waals surface area contributed by atoms with Gasteiger partial charge in [-0.3, -0.25) is 4.79 Å². The number of carbonyl (C=O) groups excluding carboxylic acids is 1. The van der Waals surface area contributed by atoms with Gasteiger partial charge in [-0.2, -0.15) is 0 Å². The van der Waals surface area contributed by atoms with Crippen molar-refractivity contribution >= 4 is 5.78 Å². The molecule has 0 saturated heterocycles. The van der Waals surface area contributed by atoms with Crippen LogP contribution in [0.4, 0.5) is 0 Å². The van der Waals surface area contributed by atoms with Crippen molar-refractivity contribution in [2.45, 2.75) is 39.3 Å². The maximum Gasteiger partial charge on any atom is 0.159 e. The average molecular weight is 291 g/mol. The quantitative estimate of drug-likeness (QED) is 0.784. The third-order valence-corrected chi connectivity index (χ3v) is 3.99.